The number of benzene rings is 1. The van der Waals surface area contributed by atoms with Crippen molar-refractivity contribution in [3.05, 3.63) is 77.0 Å². The zero-order valence-electron chi connectivity index (χ0n) is 17.5. The smallest absolute Gasteiger partial charge is 0.346 e. The van der Waals surface area contributed by atoms with Gasteiger partial charge in [0.2, 0.25) is 0 Å². The Morgan fingerprint density at radius 3 is 2.33 bits per heavy atom. The van der Waals surface area contributed by atoms with Gasteiger partial charge in [0.25, 0.3) is 5.91 Å². The van der Waals surface area contributed by atoms with Gasteiger partial charge in [-0.2, -0.15) is 13.2 Å². The molecular weight excluding hydrogens is 437 g/mol. The zero-order valence-corrected chi connectivity index (χ0v) is 17.5. The van der Waals surface area contributed by atoms with Crippen LogP contribution in [0.1, 0.15) is 32.9 Å². The van der Waals surface area contributed by atoms with Crippen LogP contribution in [0.4, 0.5) is 13.2 Å². The normalized spacial score (nSPS) is 14.5. The summed E-state index contributed by atoms with van der Waals surface area (Å²) in [5.41, 5.74) is -0.728. The van der Waals surface area contributed by atoms with E-state index in [2.05, 4.69) is 40.9 Å². The average molecular weight is 454 g/mol. The van der Waals surface area contributed by atoms with Gasteiger partial charge in [-0.15, -0.1) is 10.2 Å². The number of carbonyl (C=O) groups is 1. The Morgan fingerprint density at radius 1 is 0.970 bits per heavy atom. The molecule has 0 radical (unpaired) electrons. The third-order valence-electron chi connectivity index (χ3n) is 4.88. The van der Waals surface area contributed by atoms with Crippen LogP contribution in [-0.2, 0) is 12.2 Å². The van der Waals surface area contributed by atoms with Crippen LogP contribution in [0.5, 0.6) is 0 Å². The summed E-state index contributed by atoms with van der Waals surface area (Å²) in [6.45, 7) is 3.64. The number of rotatable bonds is 5. The molecule has 3 heterocycles. The molecule has 1 aromatic carbocycles. The third kappa shape index (κ3) is 4.45. The fourth-order valence-corrected chi connectivity index (χ4v) is 3.11. The Kier molecular flexibility index (Phi) is 5.66. The van der Waals surface area contributed by atoms with Gasteiger partial charge in [0, 0.05) is 29.1 Å². The highest BCUT2D eigenvalue weighted by Crippen LogP contribution is 2.47. The molecule has 4 rings (SSSR count). The van der Waals surface area contributed by atoms with Gasteiger partial charge >= 0.3 is 11.8 Å². The van der Waals surface area contributed by atoms with Crippen molar-refractivity contribution in [1.29, 1.82) is 0 Å². The lowest BCUT2D eigenvalue weighted by Crippen LogP contribution is -2.37. The third-order valence-corrected chi connectivity index (χ3v) is 4.88. The number of amides is 1. The first-order valence-corrected chi connectivity index (χ1v) is 9.73. The van der Waals surface area contributed by atoms with Gasteiger partial charge in [0.1, 0.15) is 0 Å². The van der Waals surface area contributed by atoms with Crippen molar-refractivity contribution < 1.29 is 18.0 Å². The quantitative estimate of drug-likeness (QED) is 0.605. The predicted octanol–water partition coefficient (Wildman–Crippen LogP) is 4.63. The van der Waals surface area contributed by atoms with Crippen LogP contribution in [0.2, 0.25) is 0 Å². The van der Waals surface area contributed by atoms with Crippen molar-refractivity contribution >= 4 is 5.91 Å². The molecule has 0 atom stereocenters. The highest BCUT2D eigenvalue weighted by atomic mass is 19.4. The molecule has 0 spiro atoms. The number of hydrogen-bond acceptors (Lipinski definition) is 8. The molecule has 33 heavy (non-hydrogen) atoms. The minimum absolute atomic E-state index is 0.0362. The lowest BCUT2D eigenvalue weighted by Gasteiger charge is -2.24. The maximum Gasteiger partial charge on any atom is 0.442 e. The molecule has 168 valence electrons. The molecule has 3 aromatic rings. The number of nitrogens with zero attached hydrogens (tertiary/aromatic N) is 7. The topological polar surface area (TPSA) is 117 Å². The molecule has 1 aliphatic rings. The molecule has 0 bridgehead atoms. The minimum Gasteiger partial charge on any atom is -0.346 e. The second-order valence-electron chi connectivity index (χ2n) is 7.40. The molecule has 0 saturated heterocycles. The number of nitrogens with one attached hydrogen (secondary N) is 1. The number of halogens is 3. The van der Waals surface area contributed by atoms with E-state index < -0.39 is 23.3 Å². The van der Waals surface area contributed by atoms with Gasteiger partial charge in [-0.05, 0) is 54.1 Å². The van der Waals surface area contributed by atoms with E-state index in [9.17, 15) is 18.0 Å². The molecule has 1 N–H and O–H groups in total. The monoisotopic (exact) mass is 454 g/mol. The predicted molar refractivity (Wildman–Crippen MR) is 110 cm³/mol. The van der Waals surface area contributed by atoms with Gasteiger partial charge in [0.05, 0.1) is 29.8 Å². The van der Waals surface area contributed by atoms with Crippen LogP contribution in [0.3, 0.4) is 0 Å². The lowest BCUT2D eigenvalue weighted by molar-refractivity contribution is -0.187. The van der Waals surface area contributed by atoms with Crippen LogP contribution in [-0.4, -0.2) is 27.0 Å². The number of aryl methyl sites for hydroxylation is 2. The molecule has 1 amide bonds. The number of alkyl halides is 3. The van der Waals surface area contributed by atoms with Crippen LogP contribution in [0.25, 0.3) is 11.3 Å². The van der Waals surface area contributed by atoms with Gasteiger partial charge in [-0.1, -0.05) is 6.07 Å². The minimum atomic E-state index is -4.93. The zero-order chi connectivity index (χ0) is 23.6. The Hall–Kier alpha value is -4.09. The van der Waals surface area contributed by atoms with E-state index in [0.717, 1.165) is 11.6 Å². The van der Waals surface area contributed by atoms with Crippen LogP contribution < -0.4 is 5.32 Å². The summed E-state index contributed by atoms with van der Waals surface area (Å²) in [6.07, 6.45) is -0.300. The van der Waals surface area contributed by atoms with E-state index in [4.69, 9.17) is 0 Å². The summed E-state index contributed by atoms with van der Waals surface area (Å²) in [6, 6.07) is 7.17. The average Bonchev–Trinajstić information content (AvgIpc) is 3.30. The summed E-state index contributed by atoms with van der Waals surface area (Å²) in [7, 11) is 0. The molecule has 12 heteroatoms. The summed E-state index contributed by atoms with van der Waals surface area (Å²) in [5, 5.41) is 15.3. The molecule has 0 aliphatic carbocycles. The molecule has 0 saturated carbocycles. The van der Waals surface area contributed by atoms with Crippen molar-refractivity contribution in [2.75, 3.05) is 0 Å². The van der Waals surface area contributed by atoms with E-state index in [1.807, 2.05) is 6.92 Å². The maximum absolute atomic E-state index is 14.0. The van der Waals surface area contributed by atoms with Crippen molar-refractivity contribution in [2.45, 2.75) is 32.2 Å². The summed E-state index contributed by atoms with van der Waals surface area (Å²) >= 11 is 0. The Bertz CT molecular complexity index is 1230. The van der Waals surface area contributed by atoms with E-state index in [0.29, 0.717) is 17.1 Å². The SMILES string of the molecule is Cc1ccc(-c2cc(C(=O)NCc3cnc(C)cn3)cc(C3(C(F)(F)F)N=NN=N3)c2)nc1. The highest BCUT2D eigenvalue weighted by molar-refractivity contribution is 5.95. The lowest BCUT2D eigenvalue weighted by atomic mass is 9.94. The van der Waals surface area contributed by atoms with Crippen LogP contribution in [0.15, 0.2) is 69.6 Å². The second-order valence-corrected chi connectivity index (χ2v) is 7.40. The first-order valence-electron chi connectivity index (χ1n) is 9.73. The summed E-state index contributed by atoms with van der Waals surface area (Å²) in [5.74, 6) is -0.614. The number of aromatic nitrogens is 3. The van der Waals surface area contributed by atoms with E-state index in [1.54, 1.807) is 31.5 Å². The molecule has 9 nitrogen and oxygen atoms in total. The van der Waals surface area contributed by atoms with Crippen molar-refractivity contribution in [3.8, 4) is 11.3 Å². The summed E-state index contributed by atoms with van der Waals surface area (Å²) in [4.78, 5) is 25.4. The second kappa shape index (κ2) is 8.45. The van der Waals surface area contributed by atoms with Gasteiger partial charge in [-0.25, -0.2) is 0 Å². The molecule has 0 fully saturated rings. The maximum atomic E-state index is 14.0. The largest absolute Gasteiger partial charge is 0.442 e. The summed E-state index contributed by atoms with van der Waals surface area (Å²) < 4.78 is 42.0. The Labute approximate surface area is 185 Å². The van der Waals surface area contributed by atoms with E-state index in [-0.39, 0.29) is 17.7 Å². The molecule has 2 aromatic heterocycles. The number of hydrogen-bond donors (Lipinski definition) is 1. The molecular formula is C21H17F3N8O. The van der Waals surface area contributed by atoms with Crippen molar-refractivity contribution in [2.24, 2.45) is 20.7 Å². The van der Waals surface area contributed by atoms with Crippen LogP contribution >= 0.6 is 0 Å². The number of carbonyl (C=O) groups excluding carboxylic acids is 1. The van der Waals surface area contributed by atoms with Gasteiger partial charge < -0.3 is 5.32 Å². The molecule has 0 unspecified atom stereocenters. The fourth-order valence-electron chi connectivity index (χ4n) is 3.11. The number of pyridine rings is 1. The highest BCUT2D eigenvalue weighted by Gasteiger charge is 2.60. The van der Waals surface area contributed by atoms with E-state index >= 15 is 0 Å². The van der Waals surface area contributed by atoms with Crippen molar-refractivity contribution in [1.82, 2.24) is 20.3 Å². The van der Waals surface area contributed by atoms with Crippen LogP contribution in [0, 0.1) is 13.8 Å². The fraction of sp³-hybridized carbons (Fsp3) is 0.238. The Balaban J connectivity index is 1.75. The van der Waals surface area contributed by atoms with E-state index in [1.165, 1.54) is 18.3 Å². The van der Waals surface area contributed by atoms with Crippen molar-refractivity contribution in [3.63, 3.8) is 0 Å². The standard InChI is InChI=1S/C21H17F3N8O/c1-12-3-4-18(27-8-12)14-5-15(19(33)28-11-17-10-25-13(2)9-26-17)7-16(6-14)20(21(22,23)24)29-31-32-30-20/h3-10H,11H2,1-2H3,(H,28,33). The Morgan fingerprint density at radius 2 is 1.73 bits per heavy atom. The first-order chi connectivity index (χ1) is 15.7. The van der Waals surface area contributed by atoms with Gasteiger partial charge in [-0.3, -0.25) is 19.7 Å². The molecule has 1 aliphatic heterocycles. The first kappa shape index (κ1) is 22.1. The van der Waals surface area contributed by atoms with Gasteiger partial charge in [0.15, 0.2) is 0 Å².